The first-order valence-electron chi connectivity index (χ1n) is 5.10. The maximum Gasteiger partial charge on any atom is 0.420 e. The second-order valence-electron chi connectivity index (χ2n) is 3.50. The molecule has 0 heterocycles. The molecule has 0 saturated heterocycles. The van der Waals surface area contributed by atoms with Gasteiger partial charge in [0.15, 0.2) is 5.78 Å². The number of rotatable bonds is 3. The number of ketones is 1. The Kier molecular flexibility index (Phi) is 3.96. The van der Waals surface area contributed by atoms with Gasteiger partial charge in [0.2, 0.25) is 0 Å². The topological polar surface area (TPSA) is 50.1 Å². The maximum atomic E-state index is 12.9. The third-order valence-electron chi connectivity index (χ3n) is 2.19. The highest BCUT2D eigenvalue weighted by molar-refractivity contribution is 5.97. The third kappa shape index (κ3) is 2.80. The van der Waals surface area contributed by atoms with E-state index in [2.05, 4.69) is 0 Å². The minimum absolute atomic E-state index is 0.00923. The Bertz CT molecular complexity index is 515. The zero-order valence-electron chi connectivity index (χ0n) is 9.76. The average molecular weight is 257 g/mol. The number of ether oxygens (including phenoxy) is 1. The standard InChI is InChI=1S/C12H10F3NO2/c1-3-18-10-5-8(6-16)4-9(7(2)17)11(10)12(13,14)15/h4-5H,3H2,1-2H3. The van der Waals surface area contributed by atoms with E-state index in [4.69, 9.17) is 10.00 Å². The quantitative estimate of drug-likeness (QED) is 0.781. The molecule has 0 amide bonds. The number of halogens is 3. The van der Waals surface area contributed by atoms with Crippen LogP contribution >= 0.6 is 0 Å². The van der Waals surface area contributed by atoms with Crippen molar-refractivity contribution in [3.63, 3.8) is 0 Å². The van der Waals surface area contributed by atoms with Gasteiger partial charge in [-0.1, -0.05) is 0 Å². The number of carbonyl (C=O) groups is 1. The summed E-state index contributed by atoms with van der Waals surface area (Å²) < 4.78 is 43.6. The summed E-state index contributed by atoms with van der Waals surface area (Å²) in [6.07, 6.45) is -4.71. The van der Waals surface area contributed by atoms with Crippen LogP contribution in [0.5, 0.6) is 5.75 Å². The smallest absolute Gasteiger partial charge is 0.420 e. The number of benzene rings is 1. The van der Waals surface area contributed by atoms with E-state index in [1.165, 1.54) is 6.92 Å². The van der Waals surface area contributed by atoms with Crippen LogP contribution < -0.4 is 4.74 Å². The number of hydrogen-bond acceptors (Lipinski definition) is 3. The number of alkyl halides is 3. The van der Waals surface area contributed by atoms with Crippen molar-refractivity contribution in [3.05, 3.63) is 28.8 Å². The van der Waals surface area contributed by atoms with Crippen molar-refractivity contribution in [1.29, 1.82) is 5.26 Å². The highest BCUT2D eigenvalue weighted by Gasteiger charge is 2.38. The third-order valence-corrected chi connectivity index (χ3v) is 2.19. The number of nitrogens with zero attached hydrogens (tertiary/aromatic N) is 1. The molecule has 0 aliphatic rings. The molecule has 1 rings (SSSR count). The summed E-state index contributed by atoms with van der Waals surface area (Å²) in [6.45, 7) is 2.55. The number of Topliss-reactive ketones (excluding diaryl/α,β-unsaturated/α-hetero) is 1. The number of nitriles is 1. The predicted molar refractivity (Wildman–Crippen MR) is 57.3 cm³/mol. The molecule has 96 valence electrons. The summed E-state index contributed by atoms with van der Waals surface area (Å²) in [4.78, 5) is 11.3. The Hall–Kier alpha value is -2.03. The summed E-state index contributed by atoms with van der Waals surface area (Å²) >= 11 is 0. The number of carbonyl (C=O) groups excluding carboxylic acids is 1. The van der Waals surface area contributed by atoms with Crippen LogP contribution in [0.4, 0.5) is 13.2 Å². The van der Waals surface area contributed by atoms with Crippen LogP contribution in [0.25, 0.3) is 0 Å². The first-order chi connectivity index (χ1) is 8.31. The van der Waals surface area contributed by atoms with Crippen molar-refractivity contribution in [3.8, 4) is 11.8 Å². The highest BCUT2D eigenvalue weighted by atomic mass is 19.4. The van der Waals surface area contributed by atoms with Crippen LogP contribution in [0.15, 0.2) is 12.1 Å². The number of hydrogen-bond donors (Lipinski definition) is 0. The summed E-state index contributed by atoms with van der Waals surface area (Å²) in [6, 6.07) is 3.61. The van der Waals surface area contributed by atoms with Crippen LogP contribution in [-0.4, -0.2) is 12.4 Å². The lowest BCUT2D eigenvalue weighted by molar-refractivity contribution is -0.139. The second-order valence-corrected chi connectivity index (χ2v) is 3.50. The molecule has 0 radical (unpaired) electrons. The van der Waals surface area contributed by atoms with Gasteiger partial charge in [-0.3, -0.25) is 4.79 Å². The molecule has 0 N–H and O–H groups in total. The van der Waals surface area contributed by atoms with Gasteiger partial charge in [0.25, 0.3) is 0 Å². The fraction of sp³-hybridized carbons (Fsp3) is 0.333. The van der Waals surface area contributed by atoms with Crippen molar-refractivity contribution < 1.29 is 22.7 Å². The molecule has 18 heavy (non-hydrogen) atoms. The van der Waals surface area contributed by atoms with Gasteiger partial charge in [0.05, 0.1) is 18.2 Å². The molecule has 0 spiro atoms. The molecule has 0 saturated carbocycles. The van der Waals surface area contributed by atoms with Crippen LogP contribution in [0.2, 0.25) is 0 Å². The van der Waals surface area contributed by atoms with Crippen molar-refractivity contribution in [2.45, 2.75) is 20.0 Å². The largest absolute Gasteiger partial charge is 0.493 e. The molecular weight excluding hydrogens is 247 g/mol. The minimum atomic E-state index is -4.71. The summed E-state index contributed by atoms with van der Waals surface area (Å²) in [5.41, 5.74) is -1.72. The Balaban J connectivity index is 3.62. The molecule has 0 atom stereocenters. The molecule has 3 nitrogen and oxygen atoms in total. The van der Waals surface area contributed by atoms with Gasteiger partial charge < -0.3 is 4.74 Å². The van der Waals surface area contributed by atoms with Crippen molar-refractivity contribution in [2.24, 2.45) is 0 Å². The average Bonchev–Trinajstić information content (AvgIpc) is 2.26. The molecule has 1 aromatic rings. The lowest BCUT2D eigenvalue weighted by atomic mass is 9.99. The van der Waals surface area contributed by atoms with Crippen molar-refractivity contribution in [2.75, 3.05) is 6.61 Å². The van der Waals surface area contributed by atoms with E-state index >= 15 is 0 Å². The molecule has 0 bridgehead atoms. The Morgan fingerprint density at radius 2 is 2.06 bits per heavy atom. The van der Waals surface area contributed by atoms with Crippen LogP contribution in [0, 0.1) is 11.3 Å². The SMILES string of the molecule is CCOc1cc(C#N)cc(C(C)=O)c1C(F)(F)F. The molecule has 1 aromatic carbocycles. The van der Waals surface area contributed by atoms with Crippen LogP contribution in [0.3, 0.4) is 0 Å². The van der Waals surface area contributed by atoms with Gasteiger partial charge in [0.1, 0.15) is 11.3 Å². The van der Waals surface area contributed by atoms with Crippen LogP contribution in [-0.2, 0) is 6.18 Å². The van der Waals surface area contributed by atoms with E-state index in [-0.39, 0.29) is 12.2 Å². The maximum absolute atomic E-state index is 12.9. The molecule has 0 fully saturated rings. The highest BCUT2D eigenvalue weighted by Crippen LogP contribution is 2.39. The fourth-order valence-corrected chi connectivity index (χ4v) is 1.52. The van der Waals surface area contributed by atoms with Gasteiger partial charge in [-0.2, -0.15) is 18.4 Å². The fourth-order valence-electron chi connectivity index (χ4n) is 1.52. The van der Waals surface area contributed by atoms with Crippen LogP contribution in [0.1, 0.15) is 35.3 Å². The summed E-state index contributed by atoms with van der Waals surface area (Å²) in [7, 11) is 0. The molecule has 0 aromatic heterocycles. The first-order valence-corrected chi connectivity index (χ1v) is 5.10. The predicted octanol–water partition coefficient (Wildman–Crippen LogP) is 3.18. The molecular formula is C12H10F3NO2. The molecule has 6 heteroatoms. The van der Waals surface area contributed by atoms with Gasteiger partial charge in [0, 0.05) is 5.56 Å². The molecule has 0 aliphatic carbocycles. The van der Waals surface area contributed by atoms with E-state index < -0.39 is 28.8 Å². The van der Waals surface area contributed by atoms with Gasteiger partial charge in [-0.25, -0.2) is 0 Å². The minimum Gasteiger partial charge on any atom is -0.493 e. The summed E-state index contributed by atoms with van der Waals surface area (Å²) in [5.74, 6) is -1.25. The Morgan fingerprint density at radius 3 is 2.44 bits per heavy atom. The molecule has 0 aliphatic heterocycles. The summed E-state index contributed by atoms with van der Waals surface area (Å²) in [5, 5.41) is 8.73. The van der Waals surface area contributed by atoms with Crippen molar-refractivity contribution >= 4 is 5.78 Å². The zero-order valence-corrected chi connectivity index (χ0v) is 9.76. The monoisotopic (exact) mass is 257 g/mol. The lowest BCUT2D eigenvalue weighted by Crippen LogP contribution is -2.15. The van der Waals surface area contributed by atoms with Gasteiger partial charge >= 0.3 is 6.18 Å². The van der Waals surface area contributed by atoms with E-state index in [0.717, 1.165) is 19.1 Å². The normalized spacial score (nSPS) is 10.9. The zero-order chi connectivity index (χ0) is 13.9. The van der Waals surface area contributed by atoms with Crippen molar-refractivity contribution in [1.82, 2.24) is 0 Å². The lowest BCUT2D eigenvalue weighted by Gasteiger charge is -2.16. The van der Waals surface area contributed by atoms with E-state index in [1.807, 2.05) is 0 Å². The van der Waals surface area contributed by atoms with E-state index in [9.17, 15) is 18.0 Å². The van der Waals surface area contributed by atoms with Gasteiger partial charge in [-0.15, -0.1) is 0 Å². The second kappa shape index (κ2) is 5.08. The Morgan fingerprint density at radius 1 is 1.44 bits per heavy atom. The van der Waals surface area contributed by atoms with E-state index in [1.54, 1.807) is 6.07 Å². The first kappa shape index (κ1) is 14.0. The Labute approximate surface area is 102 Å². The van der Waals surface area contributed by atoms with Gasteiger partial charge in [-0.05, 0) is 26.0 Å². The van der Waals surface area contributed by atoms with E-state index in [0.29, 0.717) is 0 Å². The molecule has 0 unspecified atom stereocenters.